The number of hydrogen-bond donors (Lipinski definition) is 0. The highest BCUT2D eigenvalue weighted by atomic mass is 28.3. The van der Waals surface area contributed by atoms with Crippen molar-refractivity contribution >= 4 is 14.2 Å². The van der Waals surface area contributed by atoms with E-state index in [4.69, 9.17) is 4.74 Å². The van der Waals surface area contributed by atoms with Gasteiger partial charge in [-0.3, -0.25) is 0 Å². The van der Waals surface area contributed by atoms with Crippen molar-refractivity contribution in [3.63, 3.8) is 0 Å². The molecule has 1 rings (SSSR count). The Bertz CT molecular complexity index is 494. The number of carbonyl (C=O) groups is 1. The molecule has 1 unspecified atom stereocenters. The predicted molar refractivity (Wildman–Crippen MR) is 105 cm³/mol. The molecule has 1 aromatic rings. The first-order valence-corrected chi connectivity index (χ1v) is 12.9. The van der Waals surface area contributed by atoms with Crippen LogP contribution in [-0.4, -0.2) is 32.2 Å². The lowest BCUT2D eigenvalue weighted by Gasteiger charge is -2.44. The lowest BCUT2D eigenvalue weighted by atomic mass is 10.0. The Balaban J connectivity index is 3.28. The second kappa shape index (κ2) is 9.26. The van der Waals surface area contributed by atoms with Crippen LogP contribution < -0.4 is 0 Å². The van der Waals surface area contributed by atoms with Crippen LogP contribution >= 0.6 is 0 Å². The molecular formula is C20H35NO2Si. The van der Waals surface area contributed by atoms with E-state index in [1.807, 2.05) is 19.9 Å². The zero-order valence-electron chi connectivity index (χ0n) is 16.4. The fourth-order valence-electron chi connectivity index (χ4n) is 3.24. The third-order valence-corrected chi connectivity index (χ3v) is 7.93. The molecule has 0 N–H and O–H groups in total. The fourth-order valence-corrected chi connectivity index (χ4v) is 5.60. The molecule has 24 heavy (non-hydrogen) atoms. The Morgan fingerprint density at radius 3 is 2.08 bits per heavy atom. The summed E-state index contributed by atoms with van der Waals surface area (Å²) in [6.07, 6.45) is 4.15. The summed E-state index contributed by atoms with van der Waals surface area (Å²) in [5.41, 5.74) is 1.15. The van der Waals surface area contributed by atoms with Gasteiger partial charge in [-0.25, -0.2) is 4.79 Å². The molecule has 1 amide bonds. The minimum Gasteiger partial charge on any atom is -0.442 e. The first-order chi connectivity index (χ1) is 11.3. The largest absolute Gasteiger partial charge is 0.442 e. The van der Waals surface area contributed by atoms with E-state index in [2.05, 4.69) is 50.8 Å². The first kappa shape index (κ1) is 20.8. The normalized spacial score (nSPS) is 14.1. The first-order valence-electron chi connectivity index (χ1n) is 9.35. The molecule has 0 bridgehead atoms. The van der Waals surface area contributed by atoms with Crippen LogP contribution in [0, 0.1) is 0 Å². The van der Waals surface area contributed by atoms with Gasteiger partial charge in [-0.2, -0.15) is 0 Å². The van der Waals surface area contributed by atoms with Gasteiger partial charge in [0.2, 0.25) is 0 Å². The molecule has 1 aromatic carbocycles. The maximum Gasteiger partial charge on any atom is 0.410 e. The maximum atomic E-state index is 12.8. The van der Waals surface area contributed by atoms with Gasteiger partial charge in [0.05, 0.1) is 0 Å². The average Bonchev–Trinajstić information content (AvgIpc) is 2.55. The number of benzene rings is 1. The van der Waals surface area contributed by atoms with Gasteiger partial charge in [-0.15, -0.1) is 0 Å². The zero-order valence-corrected chi connectivity index (χ0v) is 17.4. The quantitative estimate of drug-likeness (QED) is 0.415. The third kappa shape index (κ3) is 4.85. The van der Waals surface area contributed by atoms with E-state index < -0.39 is 13.3 Å². The van der Waals surface area contributed by atoms with Crippen LogP contribution in [0.15, 0.2) is 30.3 Å². The Morgan fingerprint density at radius 1 is 1.04 bits per heavy atom. The maximum absolute atomic E-state index is 12.8. The Hall–Kier alpha value is -1.29. The highest BCUT2D eigenvalue weighted by Crippen LogP contribution is 2.41. The van der Waals surface area contributed by atoms with Crippen LogP contribution in [0.25, 0.3) is 0 Å². The number of hydrogen-bond acceptors (Lipinski definition) is 2. The highest BCUT2D eigenvalue weighted by Gasteiger charge is 2.48. The molecule has 0 saturated heterocycles. The van der Waals surface area contributed by atoms with Crippen molar-refractivity contribution in [3.8, 4) is 0 Å². The van der Waals surface area contributed by atoms with Crippen molar-refractivity contribution < 1.29 is 9.53 Å². The second-order valence-corrected chi connectivity index (χ2v) is 12.7. The Kier molecular flexibility index (Phi) is 8.00. The molecule has 0 aliphatic rings. The van der Waals surface area contributed by atoms with Crippen molar-refractivity contribution in [2.24, 2.45) is 0 Å². The fraction of sp³-hybridized carbons (Fsp3) is 0.650. The zero-order chi connectivity index (χ0) is 18.2. The molecule has 0 fully saturated rings. The summed E-state index contributed by atoms with van der Waals surface area (Å²) < 4.78 is 6.33. The second-order valence-electron chi connectivity index (χ2n) is 7.44. The summed E-state index contributed by atoms with van der Waals surface area (Å²) in [5.74, 6) is 0. The molecule has 0 saturated carbocycles. The van der Waals surface area contributed by atoms with Gasteiger partial charge in [0, 0.05) is 13.1 Å². The molecule has 0 spiro atoms. The third-order valence-electron chi connectivity index (χ3n) is 4.87. The summed E-state index contributed by atoms with van der Waals surface area (Å²) in [4.78, 5) is 14.6. The molecule has 0 radical (unpaired) electrons. The van der Waals surface area contributed by atoms with Crippen LogP contribution in [0.3, 0.4) is 0 Å². The van der Waals surface area contributed by atoms with E-state index in [1.165, 1.54) is 12.8 Å². The minimum atomic E-state index is -1.83. The molecule has 0 aromatic heterocycles. The van der Waals surface area contributed by atoms with Crippen molar-refractivity contribution in [2.75, 3.05) is 13.1 Å². The van der Waals surface area contributed by atoms with Crippen LogP contribution in [0.1, 0.15) is 52.0 Å². The lowest BCUT2D eigenvalue weighted by Crippen LogP contribution is -2.54. The minimum absolute atomic E-state index is 0.178. The van der Waals surface area contributed by atoms with Gasteiger partial charge < -0.3 is 9.64 Å². The van der Waals surface area contributed by atoms with E-state index in [9.17, 15) is 4.79 Å². The van der Waals surface area contributed by atoms with E-state index in [-0.39, 0.29) is 6.09 Å². The molecule has 136 valence electrons. The van der Waals surface area contributed by atoms with Crippen LogP contribution in [-0.2, 0) is 9.96 Å². The summed E-state index contributed by atoms with van der Waals surface area (Å²) in [6, 6.07) is 10.4. The summed E-state index contributed by atoms with van der Waals surface area (Å²) in [7, 11) is -1.83. The summed E-state index contributed by atoms with van der Waals surface area (Å²) in [6.45, 7) is 14.5. The van der Waals surface area contributed by atoms with Gasteiger partial charge in [-0.05, 0) is 32.3 Å². The molecule has 1 atom stereocenters. The van der Waals surface area contributed by atoms with Gasteiger partial charge in [0.25, 0.3) is 0 Å². The Morgan fingerprint density at radius 2 is 1.62 bits per heavy atom. The topological polar surface area (TPSA) is 29.5 Å². The average molecular weight is 350 g/mol. The summed E-state index contributed by atoms with van der Waals surface area (Å²) in [5, 5.41) is -0.469. The highest BCUT2D eigenvalue weighted by molar-refractivity contribution is 6.78. The van der Waals surface area contributed by atoms with Crippen molar-refractivity contribution in [1.82, 2.24) is 4.90 Å². The van der Waals surface area contributed by atoms with Gasteiger partial charge in [-0.1, -0.05) is 69.7 Å². The number of carbonyl (C=O) groups excluding carboxylic acids is 1. The van der Waals surface area contributed by atoms with Crippen LogP contribution in [0.5, 0.6) is 0 Å². The van der Waals surface area contributed by atoms with E-state index >= 15 is 0 Å². The molecule has 4 heteroatoms. The predicted octanol–water partition coefficient (Wildman–Crippen LogP) is 5.82. The monoisotopic (exact) mass is 349 g/mol. The molecule has 0 heterocycles. The lowest BCUT2D eigenvalue weighted by molar-refractivity contribution is 0.0272. The van der Waals surface area contributed by atoms with Gasteiger partial charge >= 0.3 is 6.09 Å². The van der Waals surface area contributed by atoms with Crippen molar-refractivity contribution in [3.05, 3.63) is 35.9 Å². The number of nitrogens with zero attached hydrogens (tertiary/aromatic N) is 1. The van der Waals surface area contributed by atoms with E-state index in [1.54, 1.807) is 4.90 Å². The number of amides is 1. The SMILES string of the molecule is CCCCCC(OC(=O)N(CC)CC)(c1ccccc1)[Si](C)(C)C. The van der Waals surface area contributed by atoms with Crippen molar-refractivity contribution in [2.45, 2.75) is 71.3 Å². The van der Waals surface area contributed by atoms with E-state index in [0.29, 0.717) is 13.1 Å². The van der Waals surface area contributed by atoms with E-state index in [0.717, 1.165) is 18.4 Å². The Labute approximate surface area is 149 Å². The molecule has 3 nitrogen and oxygen atoms in total. The standard InChI is InChI=1S/C20H35NO2Si/c1-7-10-14-17-20(24(4,5)6,18-15-12-11-13-16-18)23-19(22)21(8-2)9-3/h11-13,15-16H,7-10,14,17H2,1-6H3. The molecule has 0 aliphatic carbocycles. The smallest absolute Gasteiger partial charge is 0.410 e. The molecular weight excluding hydrogens is 314 g/mol. The summed E-state index contributed by atoms with van der Waals surface area (Å²) >= 11 is 0. The molecule has 0 aliphatic heterocycles. The number of ether oxygens (including phenoxy) is 1. The number of unbranched alkanes of at least 4 members (excludes halogenated alkanes) is 2. The van der Waals surface area contributed by atoms with Crippen LogP contribution in [0.4, 0.5) is 4.79 Å². The van der Waals surface area contributed by atoms with Gasteiger partial charge in [0.15, 0.2) is 0 Å². The van der Waals surface area contributed by atoms with Crippen molar-refractivity contribution in [1.29, 1.82) is 0 Å². The number of rotatable bonds is 9. The van der Waals surface area contributed by atoms with Gasteiger partial charge in [0.1, 0.15) is 13.3 Å². The van der Waals surface area contributed by atoms with Crippen LogP contribution in [0.2, 0.25) is 19.6 Å².